The van der Waals surface area contributed by atoms with Gasteiger partial charge in [-0.1, -0.05) is 71.3 Å². The van der Waals surface area contributed by atoms with Crippen LogP contribution in [0.25, 0.3) is 0 Å². The average molecular weight is 478 g/mol. The zero-order valence-corrected chi connectivity index (χ0v) is 20.6. The second-order valence-corrected chi connectivity index (χ2v) is 9.36. The lowest BCUT2D eigenvalue weighted by Gasteiger charge is -2.36. The Kier molecular flexibility index (Phi) is 8.22. The van der Waals surface area contributed by atoms with E-state index in [1.54, 1.807) is 0 Å². The summed E-state index contributed by atoms with van der Waals surface area (Å²) in [5.41, 5.74) is 5.49. The Morgan fingerprint density at radius 2 is 1.65 bits per heavy atom. The number of amides is 2. The minimum atomic E-state index is -0.0780. The number of hydrogen-bond donors (Lipinski definition) is 1. The van der Waals surface area contributed by atoms with Gasteiger partial charge in [0.2, 0.25) is 0 Å². The van der Waals surface area contributed by atoms with Crippen LogP contribution >= 0.6 is 11.6 Å². The molecule has 0 radical (unpaired) electrons. The normalized spacial score (nSPS) is 15.2. The van der Waals surface area contributed by atoms with Crippen LogP contribution in [0.4, 0.5) is 10.5 Å². The van der Waals surface area contributed by atoms with Crippen LogP contribution in [0.3, 0.4) is 0 Å². The van der Waals surface area contributed by atoms with Gasteiger partial charge < -0.3 is 15.0 Å². The summed E-state index contributed by atoms with van der Waals surface area (Å²) in [6.07, 6.45) is -0.0780. The highest BCUT2D eigenvalue weighted by molar-refractivity contribution is 6.30. The van der Waals surface area contributed by atoms with Crippen molar-refractivity contribution in [1.29, 1.82) is 0 Å². The summed E-state index contributed by atoms with van der Waals surface area (Å²) in [7, 11) is 0. The summed E-state index contributed by atoms with van der Waals surface area (Å²) in [5, 5.41) is 3.72. The van der Waals surface area contributed by atoms with Gasteiger partial charge in [0, 0.05) is 43.4 Å². The number of aryl methyl sites for hydroxylation is 2. The van der Waals surface area contributed by atoms with Gasteiger partial charge in [0.25, 0.3) is 0 Å². The Labute approximate surface area is 207 Å². The number of benzene rings is 3. The van der Waals surface area contributed by atoms with Gasteiger partial charge in [-0.25, -0.2) is 4.79 Å². The predicted molar refractivity (Wildman–Crippen MR) is 138 cm³/mol. The lowest BCUT2D eigenvalue weighted by molar-refractivity contribution is 0.00592. The van der Waals surface area contributed by atoms with E-state index in [0.717, 1.165) is 41.5 Å². The molecule has 1 aliphatic rings. The number of nitrogens with one attached hydrogen (secondary N) is 1. The van der Waals surface area contributed by atoms with Gasteiger partial charge in [-0.2, -0.15) is 0 Å². The predicted octanol–water partition coefficient (Wildman–Crippen LogP) is 6.06. The molecule has 3 aromatic rings. The lowest BCUT2D eigenvalue weighted by Crippen LogP contribution is -2.50. The maximum Gasteiger partial charge on any atom is 0.321 e. The molecule has 1 atom stereocenters. The van der Waals surface area contributed by atoms with E-state index in [9.17, 15) is 4.79 Å². The Bertz CT molecular complexity index is 1080. The summed E-state index contributed by atoms with van der Waals surface area (Å²) in [6.45, 7) is 8.42. The van der Waals surface area contributed by atoms with E-state index >= 15 is 0 Å². The van der Waals surface area contributed by atoms with Crippen LogP contribution in [-0.4, -0.2) is 48.6 Å². The Hall–Kier alpha value is -2.86. The van der Waals surface area contributed by atoms with Crippen molar-refractivity contribution in [2.45, 2.75) is 26.6 Å². The van der Waals surface area contributed by atoms with Crippen molar-refractivity contribution in [2.24, 2.45) is 0 Å². The smallest absolute Gasteiger partial charge is 0.321 e. The molecular weight excluding hydrogens is 446 g/mol. The molecule has 1 aliphatic heterocycles. The fraction of sp³-hybridized carbons (Fsp3) is 0.321. The molecule has 2 amide bonds. The number of ether oxygens (including phenoxy) is 1. The first kappa shape index (κ1) is 24.3. The Morgan fingerprint density at radius 1 is 0.941 bits per heavy atom. The number of halogens is 1. The van der Waals surface area contributed by atoms with Gasteiger partial charge in [-0.15, -0.1) is 0 Å². The third kappa shape index (κ3) is 6.83. The summed E-state index contributed by atoms with van der Waals surface area (Å²) in [4.78, 5) is 16.9. The van der Waals surface area contributed by atoms with Crippen molar-refractivity contribution in [3.8, 4) is 0 Å². The van der Waals surface area contributed by atoms with Crippen molar-refractivity contribution in [2.75, 3.05) is 38.0 Å². The maximum atomic E-state index is 12.7. The monoisotopic (exact) mass is 477 g/mol. The van der Waals surface area contributed by atoms with Gasteiger partial charge in [-0.05, 0) is 49.2 Å². The van der Waals surface area contributed by atoms with Crippen LogP contribution in [0.15, 0.2) is 72.8 Å². The van der Waals surface area contributed by atoms with Crippen LogP contribution < -0.4 is 5.32 Å². The molecule has 1 heterocycles. The van der Waals surface area contributed by atoms with Crippen molar-refractivity contribution >= 4 is 23.3 Å². The Balaban J connectivity index is 1.34. The van der Waals surface area contributed by atoms with Gasteiger partial charge in [-0.3, -0.25) is 4.90 Å². The number of carbonyl (C=O) groups excluding carboxylic acids is 1. The number of urea groups is 1. The number of rotatable bonds is 7. The third-order valence-electron chi connectivity index (χ3n) is 6.16. The highest BCUT2D eigenvalue weighted by Crippen LogP contribution is 2.24. The molecule has 0 aliphatic carbocycles. The van der Waals surface area contributed by atoms with Crippen LogP contribution in [0, 0.1) is 13.8 Å². The van der Waals surface area contributed by atoms with E-state index in [2.05, 4.69) is 41.4 Å². The van der Waals surface area contributed by atoms with E-state index in [0.29, 0.717) is 19.7 Å². The van der Waals surface area contributed by atoms with E-state index in [1.807, 2.05) is 60.4 Å². The summed E-state index contributed by atoms with van der Waals surface area (Å²) >= 11 is 6.12. The molecule has 0 saturated carbocycles. The number of nitrogens with zero attached hydrogens (tertiary/aromatic N) is 2. The van der Waals surface area contributed by atoms with E-state index in [4.69, 9.17) is 16.3 Å². The van der Waals surface area contributed by atoms with Crippen LogP contribution in [0.5, 0.6) is 0 Å². The highest BCUT2D eigenvalue weighted by atomic mass is 35.5. The molecule has 0 aromatic heterocycles. The van der Waals surface area contributed by atoms with Gasteiger partial charge >= 0.3 is 6.03 Å². The topological polar surface area (TPSA) is 44.8 Å². The molecule has 0 bridgehead atoms. The number of carbonyl (C=O) groups is 1. The number of piperazine rings is 1. The molecule has 178 valence electrons. The van der Waals surface area contributed by atoms with Crippen molar-refractivity contribution in [3.63, 3.8) is 0 Å². The quantitative estimate of drug-likeness (QED) is 0.449. The van der Waals surface area contributed by atoms with Gasteiger partial charge in [0.05, 0.1) is 12.7 Å². The average Bonchev–Trinajstić information content (AvgIpc) is 2.84. The zero-order chi connectivity index (χ0) is 23.9. The van der Waals surface area contributed by atoms with Crippen molar-refractivity contribution in [1.82, 2.24) is 9.80 Å². The van der Waals surface area contributed by atoms with Crippen molar-refractivity contribution in [3.05, 3.63) is 100 Å². The van der Waals surface area contributed by atoms with E-state index in [1.165, 1.54) is 11.1 Å². The molecule has 3 aromatic carbocycles. The highest BCUT2D eigenvalue weighted by Gasteiger charge is 2.24. The first-order valence-corrected chi connectivity index (χ1v) is 12.1. The lowest BCUT2D eigenvalue weighted by atomic mass is 10.1. The molecule has 5 nitrogen and oxygen atoms in total. The fourth-order valence-electron chi connectivity index (χ4n) is 4.14. The molecule has 34 heavy (non-hydrogen) atoms. The molecule has 1 fully saturated rings. The van der Waals surface area contributed by atoms with Gasteiger partial charge in [0.15, 0.2) is 0 Å². The van der Waals surface area contributed by atoms with Crippen LogP contribution in [0.1, 0.15) is 28.4 Å². The fourth-order valence-corrected chi connectivity index (χ4v) is 4.26. The standard InChI is InChI=1S/C28H32ClN3O2/c1-21-6-12-26(13-7-21)30-28(33)32-16-14-31(15-17-32)19-27(24-8-10-25(29)11-9-24)34-20-23-5-3-4-22(2)18-23/h3-13,18,27H,14-17,19-20H2,1-2H3,(H,30,33). The molecule has 1 unspecified atom stereocenters. The number of anilines is 1. The first-order chi connectivity index (χ1) is 16.5. The summed E-state index contributed by atoms with van der Waals surface area (Å²) < 4.78 is 6.40. The molecule has 6 heteroatoms. The second-order valence-electron chi connectivity index (χ2n) is 8.92. The van der Waals surface area contributed by atoms with E-state index in [-0.39, 0.29) is 12.1 Å². The molecule has 0 spiro atoms. The molecule has 4 rings (SSSR count). The molecular formula is C28H32ClN3O2. The zero-order valence-electron chi connectivity index (χ0n) is 19.8. The third-order valence-corrected chi connectivity index (χ3v) is 6.41. The first-order valence-electron chi connectivity index (χ1n) is 11.7. The van der Waals surface area contributed by atoms with E-state index < -0.39 is 0 Å². The second kappa shape index (κ2) is 11.5. The van der Waals surface area contributed by atoms with Gasteiger partial charge in [0.1, 0.15) is 0 Å². The largest absolute Gasteiger partial charge is 0.368 e. The molecule has 1 saturated heterocycles. The maximum absolute atomic E-state index is 12.7. The summed E-state index contributed by atoms with van der Waals surface area (Å²) in [5.74, 6) is 0. The SMILES string of the molecule is Cc1ccc(NC(=O)N2CCN(CC(OCc3cccc(C)c3)c3ccc(Cl)cc3)CC2)cc1. The summed E-state index contributed by atoms with van der Waals surface area (Å²) in [6, 6.07) is 24.1. The van der Waals surface area contributed by atoms with Crippen LogP contribution in [-0.2, 0) is 11.3 Å². The van der Waals surface area contributed by atoms with Crippen LogP contribution in [0.2, 0.25) is 5.02 Å². The minimum Gasteiger partial charge on any atom is -0.368 e. The minimum absolute atomic E-state index is 0.0477. The Morgan fingerprint density at radius 3 is 2.32 bits per heavy atom. The number of hydrogen-bond acceptors (Lipinski definition) is 3. The molecule has 1 N–H and O–H groups in total. The van der Waals surface area contributed by atoms with Crippen molar-refractivity contribution < 1.29 is 9.53 Å².